The lowest BCUT2D eigenvalue weighted by molar-refractivity contribution is -0.123. The summed E-state index contributed by atoms with van der Waals surface area (Å²) < 4.78 is 9.89. The number of methoxy groups -OCH3 is 1. The number of nitriles is 1. The van der Waals surface area contributed by atoms with E-state index in [4.69, 9.17) is 10.00 Å². The Morgan fingerprint density at radius 2 is 1.92 bits per heavy atom. The van der Waals surface area contributed by atoms with E-state index in [2.05, 4.69) is 15.3 Å². The fourth-order valence-electron chi connectivity index (χ4n) is 1.86. The number of hydrogen-bond donors (Lipinski definition) is 1. The number of esters is 1. The van der Waals surface area contributed by atoms with E-state index >= 15 is 0 Å². The van der Waals surface area contributed by atoms with E-state index in [1.165, 1.54) is 13.3 Å². The number of para-hydroxylation sites is 1. The molecule has 0 bridgehead atoms. The zero-order valence-electron chi connectivity index (χ0n) is 13.4. The van der Waals surface area contributed by atoms with Gasteiger partial charge in [0.1, 0.15) is 11.8 Å². The number of carbonyl (C=O) groups excluding carboxylic acids is 2. The van der Waals surface area contributed by atoms with Gasteiger partial charge in [0.2, 0.25) is 0 Å². The number of nitrogens with zero attached hydrogens (tertiary/aromatic N) is 2. The maximum Gasteiger partial charge on any atom is 0.337 e. The highest BCUT2D eigenvalue weighted by molar-refractivity contribution is 5.90. The van der Waals surface area contributed by atoms with Crippen LogP contribution in [0.2, 0.25) is 0 Å². The summed E-state index contributed by atoms with van der Waals surface area (Å²) in [7, 11) is 1.31. The fraction of sp³-hybridized carbons (Fsp3) is 0.111. The Morgan fingerprint density at radius 3 is 2.60 bits per heavy atom. The smallest absolute Gasteiger partial charge is 0.337 e. The van der Waals surface area contributed by atoms with Gasteiger partial charge in [0.15, 0.2) is 6.61 Å². The summed E-state index contributed by atoms with van der Waals surface area (Å²) in [5, 5.41) is 12.7. The van der Waals surface area contributed by atoms with Gasteiger partial charge < -0.3 is 9.47 Å². The molecule has 1 amide bonds. The SMILES string of the molecule is COC(=O)c1ccc(/C=N\NC(=O)COc2ccccc2C#N)cc1. The van der Waals surface area contributed by atoms with Gasteiger partial charge in [0.05, 0.1) is 24.5 Å². The van der Waals surface area contributed by atoms with Crippen LogP contribution in [0, 0.1) is 11.3 Å². The van der Waals surface area contributed by atoms with Gasteiger partial charge in [0, 0.05) is 0 Å². The molecule has 0 heterocycles. The zero-order valence-corrected chi connectivity index (χ0v) is 13.4. The van der Waals surface area contributed by atoms with Crippen molar-refractivity contribution in [3.63, 3.8) is 0 Å². The van der Waals surface area contributed by atoms with Crippen molar-refractivity contribution in [3.8, 4) is 11.8 Å². The third-order valence-electron chi connectivity index (χ3n) is 3.10. The van der Waals surface area contributed by atoms with Crippen LogP contribution in [-0.4, -0.2) is 31.8 Å². The van der Waals surface area contributed by atoms with E-state index in [0.29, 0.717) is 22.4 Å². The number of carbonyl (C=O) groups is 2. The molecule has 2 rings (SSSR count). The minimum absolute atomic E-state index is 0.267. The van der Waals surface area contributed by atoms with E-state index < -0.39 is 11.9 Å². The number of hydrazone groups is 1. The Kier molecular flexibility index (Phi) is 6.25. The maximum atomic E-state index is 11.7. The molecule has 2 aromatic rings. The second kappa shape index (κ2) is 8.84. The van der Waals surface area contributed by atoms with Gasteiger partial charge in [-0.15, -0.1) is 0 Å². The summed E-state index contributed by atoms with van der Waals surface area (Å²) in [6.07, 6.45) is 1.43. The summed E-state index contributed by atoms with van der Waals surface area (Å²) in [4.78, 5) is 23.0. The van der Waals surface area contributed by atoms with Crippen LogP contribution in [-0.2, 0) is 9.53 Å². The Bertz CT molecular complexity index is 823. The van der Waals surface area contributed by atoms with Gasteiger partial charge in [-0.25, -0.2) is 10.2 Å². The van der Waals surface area contributed by atoms with E-state index in [1.807, 2.05) is 6.07 Å². The first-order valence-electron chi connectivity index (χ1n) is 7.26. The lowest BCUT2D eigenvalue weighted by Gasteiger charge is -2.06. The molecule has 0 aliphatic carbocycles. The molecular formula is C18H15N3O4. The predicted octanol–water partition coefficient (Wildman–Crippen LogP) is 1.87. The van der Waals surface area contributed by atoms with Crippen molar-refractivity contribution < 1.29 is 19.1 Å². The van der Waals surface area contributed by atoms with E-state index in [-0.39, 0.29) is 6.61 Å². The third kappa shape index (κ3) is 5.18. The maximum absolute atomic E-state index is 11.7. The summed E-state index contributed by atoms with van der Waals surface area (Å²) >= 11 is 0. The van der Waals surface area contributed by atoms with Crippen LogP contribution in [0.15, 0.2) is 53.6 Å². The number of hydrogen-bond acceptors (Lipinski definition) is 6. The fourth-order valence-corrected chi connectivity index (χ4v) is 1.86. The molecular weight excluding hydrogens is 322 g/mol. The number of rotatable bonds is 6. The minimum atomic E-state index is -0.463. The first-order valence-corrected chi connectivity index (χ1v) is 7.26. The summed E-state index contributed by atoms with van der Waals surface area (Å²) in [6, 6.07) is 15.1. The van der Waals surface area contributed by atoms with Crippen LogP contribution >= 0.6 is 0 Å². The van der Waals surface area contributed by atoms with E-state index in [1.54, 1.807) is 48.5 Å². The Hall–Kier alpha value is -3.66. The number of nitrogens with one attached hydrogen (secondary N) is 1. The van der Waals surface area contributed by atoms with E-state index in [9.17, 15) is 9.59 Å². The number of ether oxygens (including phenoxy) is 2. The Balaban J connectivity index is 1.84. The molecule has 0 aromatic heterocycles. The molecule has 0 atom stereocenters. The molecule has 0 saturated heterocycles. The lowest BCUT2D eigenvalue weighted by Crippen LogP contribution is -2.24. The molecule has 0 unspecified atom stereocenters. The van der Waals surface area contributed by atoms with E-state index in [0.717, 1.165) is 0 Å². The van der Waals surface area contributed by atoms with Crippen LogP contribution in [0.3, 0.4) is 0 Å². The average molecular weight is 337 g/mol. The molecule has 25 heavy (non-hydrogen) atoms. The highest BCUT2D eigenvalue weighted by Crippen LogP contribution is 2.16. The van der Waals surface area contributed by atoms with Crippen molar-refractivity contribution in [2.45, 2.75) is 0 Å². The van der Waals surface area contributed by atoms with Crippen molar-refractivity contribution in [2.24, 2.45) is 5.10 Å². The lowest BCUT2D eigenvalue weighted by atomic mass is 10.1. The van der Waals surface area contributed by atoms with Crippen molar-refractivity contribution >= 4 is 18.1 Å². The first kappa shape index (κ1) is 17.7. The molecule has 2 aromatic carbocycles. The third-order valence-corrected chi connectivity index (χ3v) is 3.10. The first-order chi connectivity index (χ1) is 12.1. The molecule has 0 radical (unpaired) electrons. The molecule has 7 nitrogen and oxygen atoms in total. The molecule has 7 heteroatoms. The molecule has 0 aliphatic rings. The van der Waals surface area contributed by atoms with Crippen molar-refractivity contribution in [1.82, 2.24) is 5.43 Å². The summed E-state index contributed by atoms with van der Waals surface area (Å²) in [5.41, 5.74) is 3.79. The number of amides is 1. The summed E-state index contributed by atoms with van der Waals surface area (Å²) in [5.74, 6) is -0.552. The highest BCUT2D eigenvalue weighted by atomic mass is 16.5. The van der Waals surface area contributed by atoms with Crippen molar-refractivity contribution in [2.75, 3.05) is 13.7 Å². The second-order valence-electron chi connectivity index (χ2n) is 4.80. The monoisotopic (exact) mass is 337 g/mol. The van der Waals surface area contributed by atoms with Crippen LogP contribution < -0.4 is 10.2 Å². The molecule has 0 aliphatic heterocycles. The molecule has 126 valence electrons. The van der Waals surface area contributed by atoms with Crippen molar-refractivity contribution in [3.05, 3.63) is 65.2 Å². The Morgan fingerprint density at radius 1 is 1.20 bits per heavy atom. The topological polar surface area (TPSA) is 101 Å². The molecule has 0 spiro atoms. The van der Waals surface area contributed by atoms with Crippen LogP contribution in [0.4, 0.5) is 0 Å². The van der Waals surface area contributed by atoms with Gasteiger partial charge in [-0.05, 0) is 29.8 Å². The quantitative estimate of drug-likeness (QED) is 0.493. The predicted molar refractivity (Wildman–Crippen MR) is 90.2 cm³/mol. The molecule has 1 N–H and O–H groups in total. The van der Waals surface area contributed by atoms with Gasteiger partial charge in [-0.2, -0.15) is 10.4 Å². The highest BCUT2D eigenvalue weighted by Gasteiger charge is 2.06. The normalized spacial score (nSPS) is 10.1. The Labute approximate surface area is 144 Å². The van der Waals surface area contributed by atoms with Gasteiger partial charge in [-0.3, -0.25) is 4.79 Å². The second-order valence-corrected chi connectivity index (χ2v) is 4.80. The standard InChI is InChI=1S/C18H15N3O4/c1-24-18(23)14-8-6-13(7-9-14)11-20-21-17(22)12-25-16-5-3-2-4-15(16)10-19/h2-9,11H,12H2,1H3,(H,21,22)/b20-11-. The van der Waals surface area contributed by atoms with Crippen LogP contribution in [0.5, 0.6) is 5.75 Å². The largest absolute Gasteiger partial charge is 0.482 e. The van der Waals surface area contributed by atoms with Gasteiger partial charge in [-0.1, -0.05) is 24.3 Å². The minimum Gasteiger partial charge on any atom is -0.482 e. The van der Waals surface area contributed by atoms with Crippen LogP contribution in [0.1, 0.15) is 21.5 Å². The molecule has 0 saturated carbocycles. The van der Waals surface area contributed by atoms with Crippen LogP contribution in [0.25, 0.3) is 0 Å². The van der Waals surface area contributed by atoms with Gasteiger partial charge in [0.25, 0.3) is 5.91 Å². The van der Waals surface area contributed by atoms with Gasteiger partial charge >= 0.3 is 5.97 Å². The molecule has 0 fully saturated rings. The number of benzene rings is 2. The average Bonchev–Trinajstić information content (AvgIpc) is 2.66. The zero-order chi connectivity index (χ0) is 18.1. The summed E-state index contributed by atoms with van der Waals surface area (Å²) in [6.45, 7) is -0.267. The van der Waals surface area contributed by atoms with Crippen molar-refractivity contribution in [1.29, 1.82) is 5.26 Å².